The van der Waals surface area contributed by atoms with Crippen LogP contribution in [0, 0.1) is 0 Å². The zero-order chi connectivity index (χ0) is 21.1. The van der Waals surface area contributed by atoms with E-state index in [1.54, 1.807) is 0 Å². The van der Waals surface area contributed by atoms with Crippen molar-refractivity contribution in [2.75, 3.05) is 26.2 Å². The first kappa shape index (κ1) is 21.8. The van der Waals surface area contributed by atoms with Crippen LogP contribution in [0.1, 0.15) is 29.5 Å². The highest BCUT2D eigenvalue weighted by atomic mass is 15.2. The highest BCUT2D eigenvalue weighted by Crippen LogP contribution is 2.13. The van der Waals surface area contributed by atoms with Gasteiger partial charge in [0.05, 0.1) is 0 Å². The summed E-state index contributed by atoms with van der Waals surface area (Å²) in [6, 6.07) is 33.3. The molecular formula is C28H35N3. The number of hydrogen-bond acceptors (Lipinski definition) is 3. The third-order valence-electron chi connectivity index (χ3n) is 6.12. The summed E-state index contributed by atoms with van der Waals surface area (Å²) in [4.78, 5) is 5.23. The third-order valence-corrected chi connectivity index (χ3v) is 6.12. The van der Waals surface area contributed by atoms with Gasteiger partial charge in [-0.25, -0.2) is 0 Å². The summed E-state index contributed by atoms with van der Waals surface area (Å²) in [5, 5.41) is 3.68. The Balaban J connectivity index is 1.43. The van der Waals surface area contributed by atoms with Crippen molar-refractivity contribution in [2.24, 2.45) is 0 Å². The van der Waals surface area contributed by atoms with E-state index >= 15 is 0 Å². The molecule has 0 radical (unpaired) electrons. The average molecular weight is 414 g/mol. The summed E-state index contributed by atoms with van der Waals surface area (Å²) in [6.07, 6.45) is 2.60. The zero-order valence-corrected chi connectivity index (χ0v) is 18.5. The molecule has 1 N–H and O–H groups in total. The summed E-state index contributed by atoms with van der Waals surface area (Å²) in [5.74, 6) is 0. The second-order valence-corrected chi connectivity index (χ2v) is 8.70. The van der Waals surface area contributed by atoms with Gasteiger partial charge in [0.15, 0.2) is 0 Å². The van der Waals surface area contributed by atoms with Gasteiger partial charge in [-0.05, 0) is 36.1 Å². The lowest BCUT2D eigenvalue weighted by Gasteiger charge is -2.30. The molecule has 3 aromatic rings. The summed E-state index contributed by atoms with van der Waals surface area (Å²) in [5.41, 5.74) is 4.16. The lowest BCUT2D eigenvalue weighted by molar-refractivity contribution is 0.178. The minimum atomic E-state index is 0.625. The first-order valence-electron chi connectivity index (χ1n) is 11.6. The van der Waals surface area contributed by atoms with Crippen molar-refractivity contribution < 1.29 is 0 Å². The van der Waals surface area contributed by atoms with E-state index in [4.69, 9.17) is 0 Å². The van der Waals surface area contributed by atoms with E-state index < -0.39 is 0 Å². The standard InChI is InChI=1S/C28H35N3/c1-4-11-25(12-5-1)21-30(22-26-13-6-2-7-14-26)19-20-31(24-28-17-10-18-29-28)23-27-15-8-3-9-16-27/h1-9,11-16,28-29H,10,17-24H2/t28-/m0/s1. The van der Waals surface area contributed by atoms with Gasteiger partial charge in [0.1, 0.15) is 0 Å². The van der Waals surface area contributed by atoms with Gasteiger partial charge in [-0.1, -0.05) is 91.0 Å². The summed E-state index contributed by atoms with van der Waals surface area (Å²) in [7, 11) is 0. The van der Waals surface area contributed by atoms with Gasteiger partial charge < -0.3 is 5.32 Å². The molecule has 31 heavy (non-hydrogen) atoms. The monoisotopic (exact) mass is 413 g/mol. The minimum Gasteiger partial charge on any atom is -0.313 e. The summed E-state index contributed by atoms with van der Waals surface area (Å²) in [6.45, 7) is 7.41. The number of benzene rings is 3. The molecule has 0 amide bonds. The van der Waals surface area contributed by atoms with E-state index in [1.165, 1.54) is 29.5 Å². The fourth-order valence-electron chi connectivity index (χ4n) is 4.48. The molecule has 1 atom stereocenters. The van der Waals surface area contributed by atoms with Gasteiger partial charge >= 0.3 is 0 Å². The molecule has 4 rings (SSSR count). The van der Waals surface area contributed by atoms with Crippen molar-refractivity contribution in [2.45, 2.75) is 38.5 Å². The van der Waals surface area contributed by atoms with Crippen LogP contribution in [-0.2, 0) is 19.6 Å². The summed E-state index contributed by atoms with van der Waals surface area (Å²) < 4.78 is 0. The Morgan fingerprint density at radius 1 is 0.613 bits per heavy atom. The molecule has 162 valence electrons. The van der Waals surface area contributed by atoms with Crippen LogP contribution in [0.25, 0.3) is 0 Å². The van der Waals surface area contributed by atoms with Crippen molar-refractivity contribution in [1.29, 1.82) is 0 Å². The number of nitrogens with one attached hydrogen (secondary N) is 1. The van der Waals surface area contributed by atoms with Crippen LogP contribution in [0.4, 0.5) is 0 Å². The molecule has 0 bridgehead atoms. The zero-order valence-electron chi connectivity index (χ0n) is 18.5. The highest BCUT2D eigenvalue weighted by Gasteiger charge is 2.19. The van der Waals surface area contributed by atoms with Crippen LogP contribution < -0.4 is 5.32 Å². The average Bonchev–Trinajstić information content (AvgIpc) is 3.32. The first-order chi connectivity index (χ1) is 15.3. The number of rotatable bonds is 11. The molecular weight excluding hydrogens is 378 g/mol. The van der Waals surface area contributed by atoms with Gasteiger partial charge in [0.25, 0.3) is 0 Å². The van der Waals surface area contributed by atoms with Crippen molar-refractivity contribution in [3.63, 3.8) is 0 Å². The van der Waals surface area contributed by atoms with Gasteiger partial charge in [-0.15, -0.1) is 0 Å². The van der Waals surface area contributed by atoms with Crippen LogP contribution in [0.3, 0.4) is 0 Å². The molecule has 0 spiro atoms. The predicted molar refractivity (Wildman–Crippen MR) is 130 cm³/mol. The van der Waals surface area contributed by atoms with E-state index in [0.717, 1.165) is 45.8 Å². The lowest BCUT2D eigenvalue weighted by atomic mass is 10.1. The second-order valence-electron chi connectivity index (χ2n) is 8.70. The lowest BCUT2D eigenvalue weighted by Crippen LogP contribution is -2.41. The van der Waals surface area contributed by atoms with Crippen molar-refractivity contribution in [3.05, 3.63) is 108 Å². The fourth-order valence-corrected chi connectivity index (χ4v) is 4.48. The largest absolute Gasteiger partial charge is 0.313 e. The Kier molecular flexibility index (Phi) is 8.29. The molecule has 3 nitrogen and oxygen atoms in total. The highest BCUT2D eigenvalue weighted by molar-refractivity contribution is 5.17. The van der Waals surface area contributed by atoms with Crippen LogP contribution in [0.5, 0.6) is 0 Å². The second kappa shape index (κ2) is 11.8. The van der Waals surface area contributed by atoms with Crippen molar-refractivity contribution in [3.8, 4) is 0 Å². The molecule has 1 aliphatic heterocycles. The summed E-state index contributed by atoms with van der Waals surface area (Å²) >= 11 is 0. The quantitative estimate of drug-likeness (QED) is 0.480. The maximum Gasteiger partial charge on any atom is 0.0237 e. The van der Waals surface area contributed by atoms with Crippen LogP contribution in [-0.4, -0.2) is 42.0 Å². The Labute approximate surface area is 187 Å². The molecule has 0 aromatic heterocycles. The smallest absolute Gasteiger partial charge is 0.0237 e. The van der Waals surface area contributed by atoms with Gasteiger partial charge in [0.2, 0.25) is 0 Å². The fraction of sp³-hybridized carbons (Fsp3) is 0.357. The van der Waals surface area contributed by atoms with Crippen LogP contribution >= 0.6 is 0 Å². The maximum atomic E-state index is 3.68. The third kappa shape index (κ3) is 7.32. The SMILES string of the molecule is c1ccc(CN(CCN(Cc2ccccc2)C[C@@H]2CCCN2)Cc2ccccc2)cc1. The molecule has 1 heterocycles. The van der Waals surface area contributed by atoms with Crippen molar-refractivity contribution >= 4 is 0 Å². The Morgan fingerprint density at radius 3 is 1.52 bits per heavy atom. The van der Waals surface area contributed by atoms with Crippen LogP contribution in [0.2, 0.25) is 0 Å². The van der Waals surface area contributed by atoms with E-state index in [2.05, 4.69) is 106 Å². The normalized spacial score (nSPS) is 16.3. The molecule has 0 unspecified atom stereocenters. The minimum absolute atomic E-state index is 0.625. The molecule has 1 fully saturated rings. The topological polar surface area (TPSA) is 18.5 Å². The van der Waals surface area contributed by atoms with Crippen LogP contribution in [0.15, 0.2) is 91.0 Å². The first-order valence-corrected chi connectivity index (χ1v) is 11.6. The number of hydrogen-bond donors (Lipinski definition) is 1. The van der Waals surface area contributed by atoms with Gasteiger partial charge in [-0.3, -0.25) is 9.80 Å². The molecule has 1 saturated heterocycles. The van der Waals surface area contributed by atoms with E-state index in [0.29, 0.717) is 6.04 Å². The molecule has 3 heteroatoms. The van der Waals surface area contributed by atoms with E-state index in [9.17, 15) is 0 Å². The molecule has 0 saturated carbocycles. The Morgan fingerprint density at radius 2 is 1.06 bits per heavy atom. The number of nitrogens with zero attached hydrogens (tertiary/aromatic N) is 2. The maximum absolute atomic E-state index is 3.68. The predicted octanol–water partition coefficient (Wildman–Crippen LogP) is 4.94. The van der Waals surface area contributed by atoms with Crippen molar-refractivity contribution in [1.82, 2.24) is 15.1 Å². The van der Waals surface area contributed by atoms with Gasteiger partial charge in [-0.2, -0.15) is 0 Å². The molecule has 3 aromatic carbocycles. The molecule has 1 aliphatic rings. The molecule has 0 aliphatic carbocycles. The Hall–Kier alpha value is -2.46. The van der Waals surface area contributed by atoms with Gasteiger partial charge in [0, 0.05) is 45.3 Å². The van der Waals surface area contributed by atoms with E-state index in [-0.39, 0.29) is 0 Å². The Bertz CT molecular complexity index is 819. The van der Waals surface area contributed by atoms with E-state index in [1.807, 2.05) is 0 Å².